The molecule has 14 heavy (non-hydrogen) atoms. The summed E-state index contributed by atoms with van der Waals surface area (Å²) in [5.41, 5.74) is 0. The molecule has 84 valence electrons. The number of likely N-dealkylation sites (N-methyl/N-ethyl adjacent to an activating group) is 1. The molecule has 0 unspecified atom stereocenters. The average molecular weight is 223 g/mol. The molecule has 0 aromatic heterocycles. The van der Waals surface area contributed by atoms with Crippen molar-refractivity contribution in [2.24, 2.45) is 0 Å². The lowest BCUT2D eigenvalue weighted by Crippen LogP contribution is -2.28. The van der Waals surface area contributed by atoms with Gasteiger partial charge in [-0.25, -0.2) is 8.42 Å². The Balaban J connectivity index is 3.65. The number of methoxy groups -OCH3 is 1. The molecule has 0 rings (SSSR count). The lowest BCUT2D eigenvalue weighted by Gasteiger charge is -2.13. The summed E-state index contributed by atoms with van der Waals surface area (Å²) in [4.78, 5) is 12.5. The Kier molecular flexibility index (Phi) is 5.71. The van der Waals surface area contributed by atoms with Crippen LogP contribution in [0.4, 0.5) is 0 Å². The zero-order chi connectivity index (χ0) is 11.2. The van der Waals surface area contributed by atoms with E-state index >= 15 is 0 Å². The van der Waals surface area contributed by atoms with Crippen LogP contribution in [0, 0.1) is 0 Å². The first-order valence-corrected chi connectivity index (χ1v) is 6.34. The Morgan fingerprint density at radius 1 is 1.43 bits per heavy atom. The van der Waals surface area contributed by atoms with Gasteiger partial charge in [0.05, 0.1) is 19.4 Å². The second-order valence-corrected chi connectivity index (χ2v) is 5.56. The van der Waals surface area contributed by atoms with Crippen LogP contribution in [0.15, 0.2) is 0 Å². The van der Waals surface area contributed by atoms with Gasteiger partial charge in [0.25, 0.3) is 0 Å². The molecule has 0 aromatic carbocycles. The molecule has 0 amide bonds. The van der Waals surface area contributed by atoms with Gasteiger partial charge in [-0.2, -0.15) is 0 Å². The lowest BCUT2D eigenvalue weighted by molar-refractivity contribution is -0.141. The number of carbonyl (C=O) groups excluding carboxylic acids is 1. The maximum Gasteiger partial charge on any atom is 0.319 e. The highest BCUT2D eigenvalue weighted by molar-refractivity contribution is 7.90. The molecule has 0 saturated heterocycles. The molecular formula is C8H17NO4S. The minimum absolute atomic E-state index is 0.151. The Morgan fingerprint density at radius 2 is 2.00 bits per heavy atom. The zero-order valence-corrected chi connectivity index (χ0v) is 9.63. The highest BCUT2D eigenvalue weighted by atomic mass is 32.2. The second-order valence-electron chi connectivity index (χ2n) is 3.30. The van der Waals surface area contributed by atoms with Gasteiger partial charge >= 0.3 is 5.97 Å². The smallest absolute Gasteiger partial charge is 0.319 e. The summed E-state index contributed by atoms with van der Waals surface area (Å²) in [5, 5.41) is 0. The Morgan fingerprint density at radius 3 is 2.43 bits per heavy atom. The van der Waals surface area contributed by atoms with Crippen LogP contribution in [0.2, 0.25) is 0 Å². The van der Waals surface area contributed by atoms with Crippen molar-refractivity contribution in [1.29, 1.82) is 0 Å². The molecule has 0 atom stereocenters. The molecule has 0 aromatic rings. The first-order chi connectivity index (χ1) is 6.35. The average Bonchev–Trinajstić information content (AvgIpc) is 2.01. The molecule has 0 heterocycles. The first kappa shape index (κ1) is 13.4. The fourth-order valence-electron chi connectivity index (χ4n) is 0.961. The van der Waals surface area contributed by atoms with Crippen LogP contribution in [0.3, 0.4) is 0 Å². The fraction of sp³-hybridized carbons (Fsp3) is 0.875. The van der Waals surface area contributed by atoms with Gasteiger partial charge in [0, 0.05) is 6.26 Å². The molecule has 0 bridgehead atoms. The van der Waals surface area contributed by atoms with E-state index in [1.165, 1.54) is 13.4 Å². The fourth-order valence-corrected chi connectivity index (χ4v) is 1.61. The molecule has 0 fully saturated rings. The van der Waals surface area contributed by atoms with Crippen molar-refractivity contribution >= 4 is 15.8 Å². The topological polar surface area (TPSA) is 63.7 Å². The molecule has 0 aliphatic rings. The standard InChI is InChI=1S/C8H17NO4S/c1-9(7-8(10)13-2)5-4-6-14(3,11)12/h4-7H2,1-3H3. The summed E-state index contributed by atoms with van der Waals surface area (Å²) >= 11 is 0. The second kappa shape index (κ2) is 5.98. The van der Waals surface area contributed by atoms with Gasteiger partial charge in [0.2, 0.25) is 0 Å². The zero-order valence-electron chi connectivity index (χ0n) is 8.82. The summed E-state index contributed by atoms with van der Waals surface area (Å²) in [6, 6.07) is 0. The number of carbonyl (C=O) groups is 1. The van der Waals surface area contributed by atoms with Crippen LogP contribution in [0.25, 0.3) is 0 Å². The molecular weight excluding hydrogens is 206 g/mol. The summed E-state index contributed by atoms with van der Waals surface area (Å²) in [7, 11) is 0.179. The van der Waals surface area contributed by atoms with Gasteiger partial charge in [-0.3, -0.25) is 9.69 Å². The van der Waals surface area contributed by atoms with Crippen LogP contribution in [-0.4, -0.2) is 58.5 Å². The molecule has 0 saturated carbocycles. The van der Waals surface area contributed by atoms with Gasteiger partial charge in [0.15, 0.2) is 0 Å². The van der Waals surface area contributed by atoms with Crippen LogP contribution < -0.4 is 0 Å². The third-order valence-corrected chi connectivity index (χ3v) is 2.71. The third-order valence-electron chi connectivity index (χ3n) is 1.68. The summed E-state index contributed by atoms with van der Waals surface area (Å²) in [6.07, 6.45) is 1.74. The lowest BCUT2D eigenvalue weighted by atomic mass is 10.4. The molecule has 0 aliphatic carbocycles. The normalized spacial score (nSPS) is 11.7. The molecule has 0 N–H and O–H groups in total. The number of hydrogen-bond donors (Lipinski definition) is 0. The van der Waals surface area contributed by atoms with Gasteiger partial charge in [-0.05, 0) is 20.0 Å². The maximum atomic E-state index is 10.8. The van der Waals surface area contributed by atoms with E-state index in [2.05, 4.69) is 4.74 Å². The molecule has 5 nitrogen and oxygen atoms in total. The predicted molar refractivity (Wildman–Crippen MR) is 53.8 cm³/mol. The van der Waals surface area contributed by atoms with Crippen molar-refractivity contribution in [3.05, 3.63) is 0 Å². The number of nitrogens with zero attached hydrogens (tertiary/aromatic N) is 1. The van der Waals surface area contributed by atoms with Crippen molar-refractivity contribution in [2.45, 2.75) is 6.42 Å². The number of esters is 1. The summed E-state index contributed by atoms with van der Waals surface area (Å²) in [5.74, 6) is -0.162. The summed E-state index contributed by atoms with van der Waals surface area (Å²) < 4.78 is 26.0. The van der Waals surface area contributed by atoms with Crippen molar-refractivity contribution in [3.63, 3.8) is 0 Å². The van der Waals surface area contributed by atoms with E-state index < -0.39 is 9.84 Å². The predicted octanol–water partition coefficient (Wildman–Crippen LogP) is -0.474. The Labute approximate surface area is 85.0 Å². The van der Waals surface area contributed by atoms with E-state index in [4.69, 9.17) is 0 Å². The highest BCUT2D eigenvalue weighted by Crippen LogP contribution is 1.92. The Hall–Kier alpha value is -0.620. The van der Waals surface area contributed by atoms with Crippen LogP contribution >= 0.6 is 0 Å². The van der Waals surface area contributed by atoms with E-state index in [0.29, 0.717) is 13.0 Å². The van der Waals surface area contributed by atoms with Crippen LogP contribution in [-0.2, 0) is 19.4 Å². The Bertz CT molecular complexity index is 273. The monoisotopic (exact) mass is 223 g/mol. The van der Waals surface area contributed by atoms with Gasteiger partial charge < -0.3 is 4.74 Å². The van der Waals surface area contributed by atoms with Crippen LogP contribution in [0.1, 0.15) is 6.42 Å². The molecule has 0 radical (unpaired) electrons. The van der Waals surface area contributed by atoms with Crippen molar-refractivity contribution in [2.75, 3.05) is 39.3 Å². The summed E-state index contributed by atoms with van der Waals surface area (Å²) in [6.45, 7) is 0.766. The van der Waals surface area contributed by atoms with E-state index in [1.807, 2.05) is 0 Å². The van der Waals surface area contributed by atoms with Gasteiger partial charge in [-0.1, -0.05) is 0 Å². The van der Waals surface area contributed by atoms with E-state index in [0.717, 1.165) is 0 Å². The van der Waals surface area contributed by atoms with Crippen molar-refractivity contribution in [1.82, 2.24) is 4.90 Å². The SMILES string of the molecule is COC(=O)CN(C)CCCS(C)(=O)=O. The number of rotatable bonds is 6. The number of ether oxygens (including phenoxy) is 1. The maximum absolute atomic E-state index is 10.8. The molecule has 0 aliphatic heterocycles. The molecule has 6 heteroatoms. The van der Waals surface area contributed by atoms with Gasteiger partial charge in [0.1, 0.15) is 9.84 Å². The van der Waals surface area contributed by atoms with E-state index in [-0.39, 0.29) is 18.3 Å². The van der Waals surface area contributed by atoms with Crippen LogP contribution in [0.5, 0.6) is 0 Å². The van der Waals surface area contributed by atoms with E-state index in [1.54, 1.807) is 11.9 Å². The van der Waals surface area contributed by atoms with E-state index in [9.17, 15) is 13.2 Å². The third kappa shape index (κ3) is 8.00. The minimum Gasteiger partial charge on any atom is -0.468 e. The van der Waals surface area contributed by atoms with Gasteiger partial charge in [-0.15, -0.1) is 0 Å². The minimum atomic E-state index is -2.90. The molecule has 0 spiro atoms. The first-order valence-electron chi connectivity index (χ1n) is 4.28. The van der Waals surface area contributed by atoms with Crippen molar-refractivity contribution < 1.29 is 17.9 Å². The number of sulfone groups is 1. The number of hydrogen-bond acceptors (Lipinski definition) is 5. The quantitative estimate of drug-likeness (QED) is 0.569. The van der Waals surface area contributed by atoms with Crippen molar-refractivity contribution in [3.8, 4) is 0 Å². The largest absolute Gasteiger partial charge is 0.468 e. The highest BCUT2D eigenvalue weighted by Gasteiger charge is 2.07.